The maximum Gasteiger partial charge on any atom is 0.227 e. The summed E-state index contributed by atoms with van der Waals surface area (Å²) >= 11 is 0. The minimum Gasteiger partial charge on any atom is -0.502 e. The molecule has 3 rings (SSSR count). The molecule has 1 amide bonds. The summed E-state index contributed by atoms with van der Waals surface area (Å²) in [7, 11) is 5.50. The average Bonchev–Trinajstić information content (AvgIpc) is 2.79. The minimum absolute atomic E-state index is 0.00205. The molecule has 0 aliphatic carbocycles. The Morgan fingerprint density at radius 1 is 1.12 bits per heavy atom. The van der Waals surface area contributed by atoms with Crippen LogP contribution in [0.15, 0.2) is 63.8 Å². The number of hydrogen-bond donors (Lipinski definition) is 2. The average molecular weight is 437 g/mol. The number of nitrogens with zero attached hydrogens (tertiary/aromatic N) is 1. The first kappa shape index (κ1) is 22.9. The molecule has 0 spiro atoms. The standard InChI is InChI=1S/C25H28N2O5/c1-16-13-22(28)24(30)25(32-16)21(18-7-11-20(31-4)12-8-18)14-23(29)26-15-17-5-9-19(10-6-17)27(2)3/h5-13,21,30H,14-15H2,1-4H3,(H,26,29). The van der Waals surface area contributed by atoms with E-state index in [-0.39, 0.29) is 18.1 Å². The number of nitrogens with one attached hydrogen (secondary N) is 1. The lowest BCUT2D eigenvalue weighted by Gasteiger charge is -2.18. The van der Waals surface area contributed by atoms with E-state index >= 15 is 0 Å². The molecule has 0 saturated heterocycles. The van der Waals surface area contributed by atoms with E-state index in [0.717, 1.165) is 16.8 Å². The number of methoxy groups -OCH3 is 1. The summed E-state index contributed by atoms with van der Waals surface area (Å²) in [6.45, 7) is 2.00. The van der Waals surface area contributed by atoms with Crippen molar-refractivity contribution in [3.8, 4) is 11.5 Å². The molecule has 0 fully saturated rings. The Kier molecular flexibility index (Phi) is 7.20. The molecule has 7 nitrogen and oxygen atoms in total. The van der Waals surface area contributed by atoms with Crippen LogP contribution in [-0.4, -0.2) is 32.2 Å². The van der Waals surface area contributed by atoms with Crippen molar-refractivity contribution < 1.29 is 19.1 Å². The van der Waals surface area contributed by atoms with Gasteiger partial charge in [0.1, 0.15) is 11.5 Å². The summed E-state index contributed by atoms with van der Waals surface area (Å²) in [5.41, 5.74) is 2.23. The Labute approximate surface area is 187 Å². The number of carbonyl (C=O) groups excluding carboxylic acids is 1. The van der Waals surface area contributed by atoms with Gasteiger partial charge in [0.05, 0.1) is 13.0 Å². The summed E-state index contributed by atoms with van der Waals surface area (Å²) in [4.78, 5) is 26.9. The SMILES string of the molecule is COc1ccc(C(CC(=O)NCc2ccc(N(C)C)cc2)c2oc(C)cc(=O)c2O)cc1. The first-order chi connectivity index (χ1) is 15.3. The van der Waals surface area contributed by atoms with E-state index in [0.29, 0.717) is 18.1 Å². The molecule has 0 radical (unpaired) electrons. The Bertz CT molecular complexity index is 1120. The number of rotatable bonds is 8. The van der Waals surface area contributed by atoms with Gasteiger partial charge in [-0.05, 0) is 42.3 Å². The van der Waals surface area contributed by atoms with Gasteiger partial charge in [-0.25, -0.2) is 0 Å². The first-order valence-electron chi connectivity index (χ1n) is 10.3. The maximum absolute atomic E-state index is 12.8. The van der Waals surface area contributed by atoms with Gasteiger partial charge < -0.3 is 24.5 Å². The summed E-state index contributed by atoms with van der Waals surface area (Å²) in [6.07, 6.45) is 0.00205. The van der Waals surface area contributed by atoms with Crippen molar-refractivity contribution in [1.82, 2.24) is 5.32 Å². The number of carbonyl (C=O) groups is 1. The molecule has 0 saturated carbocycles. The molecular formula is C25H28N2O5. The zero-order chi connectivity index (χ0) is 23.3. The quantitative estimate of drug-likeness (QED) is 0.561. The van der Waals surface area contributed by atoms with Crippen LogP contribution in [0.5, 0.6) is 11.5 Å². The van der Waals surface area contributed by atoms with Crippen molar-refractivity contribution in [3.05, 3.63) is 87.5 Å². The zero-order valence-electron chi connectivity index (χ0n) is 18.7. The molecule has 0 bridgehead atoms. The molecule has 0 aliphatic heterocycles. The van der Waals surface area contributed by atoms with E-state index in [4.69, 9.17) is 9.15 Å². The topological polar surface area (TPSA) is 92.0 Å². The number of hydrogen-bond acceptors (Lipinski definition) is 6. The summed E-state index contributed by atoms with van der Waals surface area (Å²) < 4.78 is 10.9. The number of aryl methyl sites for hydroxylation is 1. The van der Waals surface area contributed by atoms with E-state index in [2.05, 4.69) is 5.32 Å². The van der Waals surface area contributed by atoms with Gasteiger partial charge in [-0.3, -0.25) is 9.59 Å². The van der Waals surface area contributed by atoms with Gasteiger partial charge in [0.25, 0.3) is 0 Å². The monoisotopic (exact) mass is 436 g/mol. The number of anilines is 1. The molecule has 32 heavy (non-hydrogen) atoms. The van der Waals surface area contributed by atoms with Gasteiger partial charge in [-0.1, -0.05) is 24.3 Å². The zero-order valence-corrected chi connectivity index (χ0v) is 18.7. The molecular weight excluding hydrogens is 408 g/mol. The van der Waals surface area contributed by atoms with Crippen molar-refractivity contribution in [3.63, 3.8) is 0 Å². The van der Waals surface area contributed by atoms with Crippen LogP contribution in [0, 0.1) is 6.92 Å². The van der Waals surface area contributed by atoms with Crippen LogP contribution in [0.4, 0.5) is 5.69 Å². The van der Waals surface area contributed by atoms with E-state index in [1.807, 2.05) is 43.3 Å². The van der Waals surface area contributed by atoms with Crippen molar-refractivity contribution in [2.45, 2.75) is 25.8 Å². The highest BCUT2D eigenvalue weighted by Gasteiger charge is 2.25. The minimum atomic E-state index is -0.635. The van der Waals surface area contributed by atoms with E-state index in [9.17, 15) is 14.7 Å². The van der Waals surface area contributed by atoms with Crippen LogP contribution in [-0.2, 0) is 11.3 Å². The predicted octanol–water partition coefficient (Wildman–Crippen LogP) is 3.57. The van der Waals surface area contributed by atoms with Crippen molar-refractivity contribution in [2.75, 3.05) is 26.1 Å². The molecule has 7 heteroatoms. The van der Waals surface area contributed by atoms with Crippen LogP contribution >= 0.6 is 0 Å². The molecule has 0 aliphatic rings. The second kappa shape index (κ2) is 10.0. The Balaban J connectivity index is 1.82. The highest BCUT2D eigenvalue weighted by atomic mass is 16.5. The number of ether oxygens (including phenoxy) is 1. The number of aromatic hydroxyl groups is 1. The fraction of sp³-hybridized carbons (Fsp3) is 0.280. The van der Waals surface area contributed by atoms with Gasteiger partial charge in [0.15, 0.2) is 5.76 Å². The molecule has 2 aromatic carbocycles. The lowest BCUT2D eigenvalue weighted by atomic mass is 9.91. The molecule has 2 N–H and O–H groups in total. The van der Waals surface area contributed by atoms with Crippen LogP contribution in [0.25, 0.3) is 0 Å². The van der Waals surface area contributed by atoms with Gasteiger partial charge in [-0.15, -0.1) is 0 Å². The Morgan fingerprint density at radius 2 is 1.78 bits per heavy atom. The fourth-order valence-electron chi connectivity index (χ4n) is 3.43. The second-order valence-corrected chi connectivity index (χ2v) is 7.80. The third kappa shape index (κ3) is 5.49. The summed E-state index contributed by atoms with van der Waals surface area (Å²) in [5, 5.41) is 13.3. The predicted molar refractivity (Wildman–Crippen MR) is 123 cm³/mol. The van der Waals surface area contributed by atoms with Crippen molar-refractivity contribution in [1.29, 1.82) is 0 Å². The Hall–Kier alpha value is -3.74. The van der Waals surface area contributed by atoms with Gasteiger partial charge >= 0.3 is 0 Å². The third-order valence-electron chi connectivity index (χ3n) is 5.24. The van der Waals surface area contributed by atoms with Gasteiger partial charge in [0.2, 0.25) is 17.1 Å². The number of benzene rings is 2. The highest BCUT2D eigenvalue weighted by Crippen LogP contribution is 2.33. The smallest absolute Gasteiger partial charge is 0.227 e. The fourth-order valence-corrected chi connectivity index (χ4v) is 3.43. The lowest BCUT2D eigenvalue weighted by molar-refractivity contribution is -0.121. The molecule has 3 aromatic rings. The molecule has 1 unspecified atom stereocenters. The maximum atomic E-state index is 12.8. The van der Waals surface area contributed by atoms with Crippen LogP contribution in [0.2, 0.25) is 0 Å². The van der Waals surface area contributed by atoms with E-state index in [1.165, 1.54) is 6.07 Å². The van der Waals surface area contributed by atoms with Crippen molar-refractivity contribution >= 4 is 11.6 Å². The summed E-state index contributed by atoms with van der Waals surface area (Å²) in [5.74, 6) is -0.249. The molecule has 168 valence electrons. The second-order valence-electron chi connectivity index (χ2n) is 7.80. The largest absolute Gasteiger partial charge is 0.502 e. The normalized spacial score (nSPS) is 11.6. The van der Waals surface area contributed by atoms with Crippen LogP contribution < -0.4 is 20.4 Å². The lowest BCUT2D eigenvalue weighted by Crippen LogP contribution is -2.25. The third-order valence-corrected chi connectivity index (χ3v) is 5.24. The highest BCUT2D eigenvalue weighted by molar-refractivity contribution is 5.77. The van der Waals surface area contributed by atoms with Crippen molar-refractivity contribution in [2.24, 2.45) is 0 Å². The molecule has 1 aromatic heterocycles. The van der Waals surface area contributed by atoms with Gasteiger partial charge in [0, 0.05) is 38.8 Å². The molecule has 1 atom stereocenters. The number of amides is 1. The first-order valence-corrected chi connectivity index (χ1v) is 10.3. The van der Waals surface area contributed by atoms with Crippen LogP contribution in [0.3, 0.4) is 0 Å². The van der Waals surface area contributed by atoms with E-state index in [1.54, 1.807) is 38.3 Å². The van der Waals surface area contributed by atoms with Gasteiger partial charge in [-0.2, -0.15) is 0 Å². The Morgan fingerprint density at radius 3 is 2.38 bits per heavy atom. The van der Waals surface area contributed by atoms with Crippen LogP contribution in [0.1, 0.15) is 35.0 Å². The molecule has 1 heterocycles. The summed E-state index contributed by atoms with van der Waals surface area (Å²) in [6, 6.07) is 16.2. The van der Waals surface area contributed by atoms with E-state index < -0.39 is 17.1 Å².